The summed E-state index contributed by atoms with van der Waals surface area (Å²) in [7, 11) is 0. The smallest absolute Gasteiger partial charge is 0.0243 e. The highest BCUT2D eigenvalue weighted by Gasteiger charge is 2.28. The summed E-state index contributed by atoms with van der Waals surface area (Å²) < 4.78 is 0. The SMILES string of the molecule is CCCC1CCN(C(CNCC)C(C)C)C1. The van der Waals surface area contributed by atoms with Crippen LogP contribution in [0.5, 0.6) is 0 Å². The molecule has 1 N–H and O–H groups in total. The fraction of sp³-hybridized carbons (Fsp3) is 1.00. The molecule has 1 fully saturated rings. The fourth-order valence-electron chi connectivity index (χ4n) is 2.89. The van der Waals surface area contributed by atoms with Crippen LogP contribution in [0.3, 0.4) is 0 Å². The molecule has 0 aliphatic carbocycles. The Balaban J connectivity index is 2.40. The summed E-state index contributed by atoms with van der Waals surface area (Å²) in [6.07, 6.45) is 4.18. The van der Waals surface area contributed by atoms with Crippen molar-refractivity contribution in [3.8, 4) is 0 Å². The normalized spacial score (nSPS) is 24.2. The summed E-state index contributed by atoms with van der Waals surface area (Å²) in [4.78, 5) is 2.72. The maximum absolute atomic E-state index is 3.51. The minimum atomic E-state index is 0.738. The van der Waals surface area contributed by atoms with Gasteiger partial charge in [0.2, 0.25) is 0 Å². The lowest BCUT2D eigenvalue weighted by molar-refractivity contribution is 0.180. The number of nitrogens with one attached hydrogen (secondary N) is 1. The summed E-state index contributed by atoms with van der Waals surface area (Å²) in [6, 6.07) is 0.738. The van der Waals surface area contributed by atoms with Gasteiger partial charge in [0.15, 0.2) is 0 Å². The van der Waals surface area contributed by atoms with E-state index in [4.69, 9.17) is 0 Å². The minimum Gasteiger partial charge on any atom is -0.315 e. The monoisotopic (exact) mass is 226 g/mol. The van der Waals surface area contributed by atoms with Gasteiger partial charge in [-0.2, -0.15) is 0 Å². The maximum atomic E-state index is 3.51. The average molecular weight is 226 g/mol. The van der Waals surface area contributed by atoms with Crippen molar-refractivity contribution in [2.45, 2.75) is 53.0 Å². The zero-order chi connectivity index (χ0) is 12.0. The van der Waals surface area contributed by atoms with Crippen LogP contribution in [0.25, 0.3) is 0 Å². The second kappa shape index (κ2) is 7.29. The first kappa shape index (κ1) is 14.0. The van der Waals surface area contributed by atoms with Crippen molar-refractivity contribution in [1.29, 1.82) is 0 Å². The van der Waals surface area contributed by atoms with Gasteiger partial charge in [0.05, 0.1) is 0 Å². The van der Waals surface area contributed by atoms with E-state index in [1.807, 2.05) is 0 Å². The van der Waals surface area contributed by atoms with Crippen LogP contribution in [0.2, 0.25) is 0 Å². The molecule has 0 amide bonds. The Morgan fingerprint density at radius 1 is 1.31 bits per heavy atom. The van der Waals surface area contributed by atoms with Crippen LogP contribution in [0.1, 0.15) is 47.0 Å². The molecule has 0 aromatic heterocycles. The van der Waals surface area contributed by atoms with Crippen LogP contribution in [0.4, 0.5) is 0 Å². The molecule has 0 radical (unpaired) electrons. The third-order valence-electron chi connectivity index (χ3n) is 3.86. The molecule has 1 saturated heterocycles. The lowest BCUT2D eigenvalue weighted by Crippen LogP contribution is -2.44. The van der Waals surface area contributed by atoms with Crippen LogP contribution in [0.15, 0.2) is 0 Å². The molecule has 1 aliphatic rings. The van der Waals surface area contributed by atoms with E-state index in [0.717, 1.165) is 31.0 Å². The highest BCUT2D eigenvalue weighted by Crippen LogP contribution is 2.24. The van der Waals surface area contributed by atoms with Crippen molar-refractivity contribution in [3.05, 3.63) is 0 Å². The second-order valence-electron chi connectivity index (χ2n) is 5.56. The number of likely N-dealkylation sites (tertiary alicyclic amines) is 1. The molecule has 2 atom stereocenters. The molecular formula is C14H30N2. The molecule has 1 rings (SSSR count). The number of hydrogen-bond donors (Lipinski definition) is 1. The highest BCUT2D eigenvalue weighted by atomic mass is 15.2. The standard InChI is InChI=1S/C14H30N2/c1-5-7-13-8-9-16(11-13)14(12(3)4)10-15-6-2/h12-15H,5-11H2,1-4H3. The molecule has 96 valence electrons. The van der Waals surface area contributed by atoms with Crippen LogP contribution in [-0.4, -0.2) is 37.1 Å². The molecule has 0 spiro atoms. The van der Waals surface area contributed by atoms with Gasteiger partial charge in [0.25, 0.3) is 0 Å². The number of likely N-dealkylation sites (N-methyl/N-ethyl adjacent to an activating group) is 1. The van der Waals surface area contributed by atoms with Crippen LogP contribution < -0.4 is 5.32 Å². The zero-order valence-corrected chi connectivity index (χ0v) is 11.6. The van der Waals surface area contributed by atoms with Gasteiger partial charge in [0.1, 0.15) is 0 Å². The van der Waals surface area contributed by atoms with Crippen molar-refractivity contribution in [3.63, 3.8) is 0 Å². The Labute approximate surface area is 102 Å². The first-order valence-corrected chi connectivity index (χ1v) is 7.13. The lowest BCUT2D eigenvalue weighted by Gasteiger charge is -2.31. The largest absolute Gasteiger partial charge is 0.315 e. The third-order valence-corrected chi connectivity index (χ3v) is 3.86. The summed E-state index contributed by atoms with van der Waals surface area (Å²) in [5.41, 5.74) is 0. The van der Waals surface area contributed by atoms with E-state index < -0.39 is 0 Å². The number of nitrogens with zero attached hydrogens (tertiary/aromatic N) is 1. The predicted molar refractivity (Wildman–Crippen MR) is 71.8 cm³/mol. The molecule has 1 heterocycles. The number of hydrogen-bond acceptors (Lipinski definition) is 2. The zero-order valence-electron chi connectivity index (χ0n) is 11.6. The van der Waals surface area contributed by atoms with Gasteiger partial charge in [-0.3, -0.25) is 4.90 Å². The van der Waals surface area contributed by atoms with E-state index in [2.05, 4.69) is 37.9 Å². The molecule has 0 aromatic carbocycles. The Morgan fingerprint density at radius 3 is 2.62 bits per heavy atom. The highest BCUT2D eigenvalue weighted by molar-refractivity contribution is 4.84. The molecule has 2 heteroatoms. The van der Waals surface area contributed by atoms with E-state index in [-0.39, 0.29) is 0 Å². The van der Waals surface area contributed by atoms with Crippen molar-refractivity contribution in [2.24, 2.45) is 11.8 Å². The minimum absolute atomic E-state index is 0.738. The lowest BCUT2D eigenvalue weighted by atomic mass is 10.0. The Bertz CT molecular complexity index is 180. The molecule has 1 aliphatic heterocycles. The van der Waals surface area contributed by atoms with Crippen molar-refractivity contribution >= 4 is 0 Å². The molecule has 16 heavy (non-hydrogen) atoms. The van der Waals surface area contributed by atoms with Crippen LogP contribution in [-0.2, 0) is 0 Å². The third kappa shape index (κ3) is 4.06. The first-order chi connectivity index (χ1) is 7.69. The fourth-order valence-corrected chi connectivity index (χ4v) is 2.89. The Hall–Kier alpha value is -0.0800. The molecular weight excluding hydrogens is 196 g/mol. The van der Waals surface area contributed by atoms with Gasteiger partial charge >= 0.3 is 0 Å². The number of rotatable bonds is 7. The Morgan fingerprint density at radius 2 is 2.06 bits per heavy atom. The van der Waals surface area contributed by atoms with E-state index >= 15 is 0 Å². The van der Waals surface area contributed by atoms with Gasteiger partial charge < -0.3 is 5.32 Å². The van der Waals surface area contributed by atoms with Gasteiger partial charge in [-0.05, 0) is 37.8 Å². The summed E-state index contributed by atoms with van der Waals surface area (Å²) >= 11 is 0. The molecule has 0 aromatic rings. The molecule has 0 bridgehead atoms. The van der Waals surface area contributed by atoms with Crippen molar-refractivity contribution < 1.29 is 0 Å². The van der Waals surface area contributed by atoms with E-state index in [1.165, 1.54) is 32.4 Å². The van der Waals surface area contributed by atoms with Gasteiger partial charge in [-0.15, -0.1) is 0 Å². The summed E-state index contributed by atoms with van der Waals surface area (Å²) in [6.45, 7) is 14.1. The second-order valence-corrected chi connectivity index (χ2v) is 5.56. The van der Waals surface area contributed by atoms with E-state index in [9.17, 15) is 0 Å². The van der Waals surface area contributed by atoms with Gasteiger partial charge in [-0.1, -0.05) is 34.1 Å². The predicted octanol–water partition coefficient (Wildman–Crippen LogP) is 2.74. The van der Waals surface area contributed by atoms with Gasteiger partial charge in [0, 0.05) is 19.1 Å². The van der Waals surface area contributed by atoms with Crippen molar-refractivity contribution in [2.75, 3.05) is 26.2 Å². The summed E-state index contributed by atoms with van der Waals surface area (Å²) in [5.74, 6) is 1.73. The molecule has 0 saturated carbocycles. The quantitative estimate of drug-likeness (QED) is 0.718. The first-order valence-electron chi connectivity index (χ1n) is 7.13. The molecule has 2 nitrogen and oxygen atoms in total. The van der Waals surface area contributed by atoms with E-state index in [1.54, 1.807) is 0 Å². The van der Waals surface area contributed by atoms with Crippen molar-refractivity contribution in [1.82, 2.24) is 10.2 Å². The topological polar surface area (TPSA) is 15.3 Å². The maximum Gasteiger partial charge on any atom is 0.0243 e. The summed E-state index contributed by atoms with van der Waals surface area (Å²) in [5, 5.41) is 3.51. The van der Waals surface area contributed by atoms with Crippen LogP contribution in [0, 0.1) is 11.8 Å². The van der Waals surface area contributed by atoms with E-state index in [0.29, 0.717) is 0 Å². The van der Waals surface area contributed by atoms with Crippen LogP contribution >= 0.6 is 0 Å². The average Bonchev–Trinajstić information content (AvgIpc) is 2.67. The Kier molecular flexibility index (Phi) is 6.37. The van der Waals surface area contributed by atoms with Gasteiger partial charge in [-0.25, -0.2) is 0 Å². The molecule has 2 unspecified atom stereocenters.